The number of likely N-dealkylation sites (tertiary alicyclic amines) is 1. The van der Waals surface area contributed by atoms with E-state index in [2.05, 4.69) is 42.7 Å². The van der Waals surface area contributed by atoms with Crippen molar-refractivity contribution in [2.45, 2.75) is 47.1 Å². The zero-order valence-electron chi connectivity index (χ0n) is 19.0. The fourth-order valence-electron chi connectivity index (χ4n) is 4.00. The molecular formula is C24H32ClN7OS. The first-order valence-corrected chi connectivity index (χ1v) is 12.2. The van der Waals surface area contributed by atoms with E-state index in [-0.39, 0.29) is 13.3 Å². The van der Waals surface area contributed by atoms with E-state index in [0.29, 0.717) is 38.4 Å². The van der Waals surface area contributed by atoms with Gasteiger partial charge in [0.15, 0.2) is 5.13 Å². The van der Waals surface area contributed by atoms with Crippen LogP contribution in [0.15, 0.2) is 30.5 Å². The number of aromatic nitrogens is 3. The normalized spacial score (nSPS) is 15.6. The number of carbonyl (C=O) groups excluding carboxylic acids is 1. The van der Waals surface area contributed by atoms with Gasteiger partial charge in [-0.2, -0.15) is 0 Å². The molecule has 4 rings (SSSR count). The molecule has 10 heteroatoms. The number of benzene rings is 1. The Labute approximate surface area is 210 Å². The summed E-state index contributed by atoms with van der Waals surface area (Å²) in [6, 6.07) is 7.90. The molecule has 0 radical (unpaired) electrons. The van der Waals surface area contributed by atoms with Crippen molar-refractivity contribution in [1.82, 2.24) is 19.9 Å². The number of nitrogens with one attached hydrogen (secondary N) is 3. The second-order valence-electron chi connectivity index (χ2n) is 8.03. The molecule has 3 heterocycles. The third kappa shape index (κ3) is 6.22. The van der Waals surface area contributed by atoms with Crippen molar-refractivity contribution in [2.24, 2.45) is 0 Å². The maximum atomic E-state index is 12.7. The highest BCUT2D eigenvalue weighted by atomic mass is 35.5. The number of hydrogen-bond donors (Lipinski definition) is 3. The molecule has 0 aliphatic carbocycles. The number of halogens is 1. The minimum atomic E-state index is -0.255. The first kappa shape index (κ1) is 25.9. The molecule has 0 bridgehead atoms. The fraction of sp³-hybridized carbons (Fsp3) is 0.417. The molecule has 3 N–H and O–H groups in total. The average molecular weight is 502 g/mol. The van der Waals surface area contributed by atoms with Gasteiger partial charge in [0.2, 0.25) is 0 Å². The predicted octanol–water partition coefficient (Wildman–Crippen LogP) is 5.73. The summed E-state index contributed by atoms with van der Waals surface area (Å²) in [6.07, 6.45) is 3.99. The third-order valence-corrected chi connectivity index (χ3v) is 6.91. The summed E-state index contributed by atoms with van der Waals surface area (Å²) in [5.41, 5.74) is 1.51. The zero-order chi connectivity index (χ0) is 23.4. The number of carbonyl (C=O) groups is 1. The molecule has 1 atom stereocenters. The Bertz CT molecular complexity index is 1120. The minimum absolute atomic E-state index is 0. The van der Waals surface area contributed by atoms with Gasteiger partial charge in [0.05, 0.1) is 16.9 Å². The Morgan fingerprint density at radius 1 is 1.26 bits per heavy atom. The molecule has 182 valence electrons. The second-order valence-corrected chi connectivity index (χ2v) is 9.47. The lowest BCUT2D eigenvalue weighted by molar-refractivity contribution is 0.103. The van der Waals surface area contributed by atoms with Crippen LogP contribution in [0.5, 0.6) is 0 Å². The van der Waals surface area contributed by atoms with Crippen LogP contribution in [0.2, 0.25) is 5.02 Å². The van der Waals surface area contributed by atoms with Gasteiger partial charge in [0.1, 0.15) is 22.3 Å². The van der Waals surface area contributed by atoms with Gasteiger partial charge in [-0.05, 0) is 51.4 Å². The van der Waals surface area contributed by atoms with Crippen LogP contribution in [0.25, 0.3) is 0 Å². The number of nitrogens with zero attached hydrogens (tertiary/aromatic N) is 4. The summed E-state index contributed by atoms with van der Waals surface area (Å²) in [6.45, 7) is 9.04. The smallest absolute Gasteiger partial charge is 0.267 e. The summed E-state index contributed by atoms with van der Waals surface area (Å²) in [4.78, 5) is 29.0. The van der Waals surface area contributed by atoms with Crippen molar-refractivity contribution in [3.05, 3.63) is 51.7 Å². The van der Waals surface area contributed by atoms with Gasteiger partial charge >= 0.3 is 0 Å². The topological polar surface area (TPSA) is 95.1 Å². The minimum Gasteiger partial charge on any atom is -0.368 e. The number of para-hydroxylation sites is 1. The van der Waals surface area contributed by atoms with Gasteiger partial charge in [-0.3, -0.25) is 9.69 Å². The summed E-state index contributed by atoms with van der Waals surface area (Å²) in [5, 5.41) is 10.6. The van der Waals surface area contributed by atoms with Crippen molar-refractivity contribution in [3.63, 3.8) is 0 Å². The Morgan fingerprint density at radius 3 is 2.82 bits per heavy atom. The van der Waals surface area contributed by atoms with E-state index in [1.165, 1.54) is 24.2 Å². The molecule has 1 saturated heterocycles. The van der Waals surface area contributed by atoms with E-state index in [9.17, 15) is 4.79 Å². The first-order chi connectivity index (χ1) is 15.9. The lowest BCUT2D eigenvalue weighted by Gasteiger charge is -2.23. The molecule has 0 saturated carbocycles. The quantitative estimate of drug-likeness (QED) is 0.362. The van der Waals surface area contributed by atoms with Crippen LogP contribution in [0.3, 0.4) is 0 Å². The lowest BCUT2D eigenvalue weighted by atomic mass is 10.2. The molecule has 8 nitrogen and oxygen atoms in total. The molecule has 3 aromatic rings. The maximum absolute atomic E-state index is 12.7. The summed E-state index contributed by atoms with van der Waals surface area (Å²) >= 11 is 7.48. The Kier molecular flexibility index (Phi) is 8.82. The fourth-order valence-corrected chi connectivity index (χ4v) is 4.99. The molecule has 1 aliphatic rings. The zero-order valence-corrected chi connectivity index (χ0v) is 20.6. The maximum Gasteiger partial charge on any atom is 0.267 e. The number of likely N-dealkylation sites (N-methyl/N-ethyl adjacent to an activating group) is 1. The highest BCUT2D eigenvalue weighted by Gasteiger charge is 2.22. The number of amides is 1. The Morgan fingerprint density at radius 2 is 2.06 bits per heavy atom. The van der Waals surface area contributed by atoms with Crippen LogP contribution in [0.4, 0.5) is 22.5 Å². The summed E-state index contributed by atoms with van der Waals surface area (Å²) in [5.74, 6) is 1.81. The van der Waals surface area contributed by atoms with Gasteiger partial charge < -0.3 is 16.0 Å². The molecule has 34 heavy (non-hydrogen) atoms. The molecule has 2 aromatic heterocycles. The standard InChI is InChI=1S/C23H28ClN7OS.CH4/c1-4-31-10-6-8-16(31)12-25-19-11-20(28-15(3)27-19)29-23-26-13-18(33-23)22(32)30-21-14(2)7-5-9-17(21)24;/h5,7,9,11,13,16H,4,6,8,10,12H2,1-3H3,(H,30,32)(H2,25,26,27,28,29);1H4/t16-;/m1./s1. The lowest BCUT2D eigenvalue weighted by Crippen LogP contribution is -2.34. The predicted molar refractivity (Wildman–Crippen MR) is 142 cm³/mol. The van der Waals surface area contributed by atoms with Crippen LogP contribution in [0.1, 0.15) is 48.3 Å². The molecular weight excluding hydrogens is 470 g/mol. The number of thiazole rings is 1. The number of hydrogen-bond acceptors (Lipinski definition) is 8. The van der Waals surface area contributed by atoms with Gasteiger partial charge in [0.25, 0.3) is 5.91 Å². The highest BCUT2D eigenvalue weighted by molar-refractivity contribution is 7.17. The summed E-state index contributed by atoms with van der Waals surface area (Å²) < 4.78 is 0. The number of rotatable bonds is 8. The molecule has 0 unspecified atom stereocenters. The van der Waals surface area contributed by atoms with E-state index in [0.717, 1.165) is 31.0 Å². The van der Waals surface area contributed by atoms with Crippen LogP contribution < -0.4 is 16.0 Å². The number of anilines is 4. The molecule has 1 aliphatic heterocycles. The second kappa shape index (κ2) is 11.6. The largest absolute Gasteiger partial charge is 0.368 e. The number of aryl methyl sites for hydroxylation is 2. The van der Waals surface area contributed by atoms with Crippen molar-refractivity contribution in [2.75, 3.05) is 35.6 Å². The van der Waals surface area contributed by atoms with Crippen molar-refractivity contribution < 1.29 is 4.79 Å². The Hall–Kier alpha value is -2.75. The van der Waals surface area contributed by atoms with Crippen LogP contribution >= 0.6 is 22.9 Å². The van der Waals surface area contributed by atoms with E-state index < -0.39 is 0 Å². The Balaban J connectivity index is 0.00000324. The van der Waals surface area contributed by atoms with Crippen LogP contribution in [-0.4, -0.2) is 51.4 Å². The van der Waals surface area contributed by atoms with Crippen molar-refractivity contribution >= 4 is 51.3 Å². The van der Waals surface area contributed by atoms with E-state index in [1.807, 2.05) is 32.0 Å². The van der Waals surface area contributed by atoms with E-state index in [4.69, 9.17) is 11.6 Å². The third-order valence-electron chi connectivity index (χ3n) is 5.69. The van der Waals surface area contributed by atoms with Crippen molar-refractivity contribution in [3.8, 4) is 0 Å². The molecule has 1 amide bonds. The highest BCUT2D eigenvalue weighted by Crippen LogP contribution is 2.28. The van der Waals surface area contributed by atoms with Gasteiger partial charge in [-0.1, -0.05) is 49.4 Å². The molecule has 0 spiro atoms. The van der Waals surface area contributed by atoms with Crippen LogP contribution in [-0.2, 0) is 0 Å². The average Bonchev–Trinajstić information content (AvgIpc) is 3.43. The van der Waals surface area contributed by atoms with Gasteiger partial charge in [-0.15, -0.1) is 0 Å². The SMILES string of the molecule is C.CCN1CCC[C@@H]1CNc1cc(Nc2ncc(C(=O)Nc3c(C)cccc3Cl)s2)nc(C)n1. The van der Waals surface area contributed by atoms with Gasteiger partial charge in [-0.25, -0.2) is 15.0 Å². The first-order valence-electron chi connectivity index (χ1n) is 11.1. The van der Waals surface area contributed by atoms with Crippen molar-refractivity contribution in [1.29, 1.82) is 0 Å². The van der Waals surface area contributed by atoms with E-state index in [1.54, 1.807) is 12.3 Å². The van der Waals surface area contributed by atoms with Gasteiger partial charge in [0, 0.05) is 18.7 Å². The van der Waals surface area contributed by atoms with E-state index >= 15 is 0 Å². The monoisotopic (exact) mass is 501 g/mol. The molecule has 1 fully saturated rings. The summed E-state index contributed by atoms with van der Waals surface area (Å²) in [7, 11) is 0. The van der Waals surface area contributed by atoms with Crippen LogP contribution in [0, 0.1) is 13.8 Å². The molecule has 1 aromatic carbocycles.